The number of nitrogens with zero attached hydrogens (tertiary/aromatic N) is 1. The van der Waals surface area contributed by atoms with Crippen molar-refractivity contribution >= 4 is 17.3 Å². The Kier molecular flexibility index (Phi) is 5.64. The fourth-order valence-electron chi connectivity index (χ4n) is 1.81. The van der Waals surface area contributed by atoms with E-state index in [1.54, 1.807) is 0 Å². The molecule has 0 aromatic heterocycles. The van der Waals surface area contributed by atoms with Crippen molar-refractivity contribution in [3.05, 3.63) is 28.8 Å². The first-order valence-electron chi connectivity index (χ1n) is 5.88. The molecule has 1 rings (SSSR count). The standard InChI is InChI=1S/C13H21ClN2/c1-3-4-5-8-16(2)13-7-6-12(14)9-11(13)10-15/h6-7,9H,3-5,8,10,15H2,1-2H3. The lowest BCUT2D eigenvalue weighted by Gasteiger charge is -2.22. The molecule has 16 heavy (non-hydrogen) atoms. The van der Waals surface area contributed by atoms with Gasteiger partial charge in [-0.25, -0.2) is 0 Å². The SMILES string of the molecule is CCCCCN(C)c1ccc(Cl)cc1CN. The van der Waals surface area contributed by atoms with Crippen LogP contribution in [0.2, 0.25) is 5.02 Å². The molecule has 0 spiro atoms. The molecule has 0 fully saturated rings. The molecule has 0 aliphatic heterocycles. The number of benzene rings is 1. The van der Waals surface area contributed by atoms with Crippen LogP contribution in [0.15, 0.2) is 18.2 Å². The van der Waals surface area contributed by atoms with Crippen LogP contribution in [0.1, 0.15) is 31.7 Å². The Morgan fingerprint density at radius 1 is 1.31 bits per heavy atom. The van der Waals surface area contributed by atoms with Gasteiger partial charge in [-0.2, -0.15) is 0 Å². The highest BCUT2D eigenvalue weighted by Crippen LogP contribution is 2.23. The Balaban J connectivity index is 2.70. The van der Waals surface area contributed by atoms with E-state index in [1.807, 2.05) is 12.1 Å². The molecular formula is C13H21ClN2. The molecule has 0 saturated heterocycles. The fraction of sp³-hybridized carbons (Fsp3) is 0.538. The predicted octanol–water partition coefficient (Wildman–Crippen LogP) is 3.43. The smallest absolute Gasteiger partial charge is 0.0410 e. The Morgan fingerprint density at radius 2 is 2.06 bits per heavy atom. The third-order valence-corrected chi connectivity index (χ3v) is 3.00. The highest BCUT2D eigenvalue weighted by molar-refractivity contribution is 6.30. The summed E-state index contributed by atoms with van der Waals surface area (Å²) in [5, 5.41) is 0.756. The summed E-state index contributed by atoms with van der Waals surface area (Å²) < 4.78 is 0. The van der Waals surface area contributed by atoms with Gasteiger partial charge in [0.25, 0.3) is 0 Å². The number of anilines is 1. The summed E-state index contributed by atoms with van der Waals surface area (Å²) >= 11 is 5.95. The Labute approximate surface area is 103 Å². The zero-order valence-corrected chi connectivity index (χ0v) is 10.9. The number of hydrogen-bond acceptors (Lipinski definition) is 2. The van der Waals surface area contributed by atoms with Crippen molar-refractivity contribution in [1.29, 1.82) is 0 Å². The van der Waals surface area contributed by atoms with Crippen LogP contribution in [0.5, 0.6) is 0 Å². The van der Waals surface area contributed by atoms with Gasteiger partial charge in [0.1, 0.15) is 0 Å². The topological polar surface area (TPSA) is 29.3 Å². The first-order valence-corrected chi connectivity index (χ1v) is 6.26. The van der Waals surface area contributed by atoms with Crippen LogP contribution >= 0.6 is 11.6 Å². The molecule has 1 aromatic rings. The summed E-state index contributed by atoms with van der Waals surface area (Å²) in [6, 6.07) is 5.93. The van der Waals surface area contributed by atoms with Crippen LogP contribution in [-0.4, -0.2) is 13.6 Å². The maximum Gasteiger partial charge on any atom is 0.0410 e. The molecule has 0 unspecified atom stereocenters. The van der Waals surface area contributed by atoms with E-state index < -0.39 is 0 Å². The second-order valence-electron chi connectivity index (χ2n) is 4.11. The van der Waals surface area contributed by atoms with Gasteiger partial charge in [0.05, 0.1) is 0 Å². The Morgan fingerprint density at radius 3 is 2.69 bits per heavy atom. The fourth-order valence-corrected chi connectivity index (χ4v) is 2.00. The molecule has 2 N–H and O–H groups in total. The van der Waals surface area contributed by atoms with Gasteiger partial charge in [-0.05, 0) is 30.2 Å². The predicted molar refractivity (Wildman–Crippen MR) is 72.1 cm³/mol. The summed E-state index contributed by atoms with van der Waals surface area (Å²) in [6.45, 7) is 3.82. The minimum Gasteiger partial charge on any atom is -0.374 e. The highest BCUT2D eigenvalue weighted by atomic mass is 35.5. The quantitative estimate of drug-likeness (QED) is 0.772. The molecule has 90 valence electrons. The zero-order chi connectivity index (χ0) is 12.0. The molecule has 0 amide bonds. The monoisotopic (exact) mass is 240 g/mol. The van der Waals surface area contributed by atoms with Gasteiger partial charge in [-0.15, -0.1) is 0 Å². The summed E-state index contributed by atoms with van der Waals surface area (Å²) in [5.74, 6) is 0. The largest absolute Gasteiger partial charge is 0.374 e. The van der Waals surface area contributed by atoms with Gasteiger partial charge < -0.3 is 10.6 Å². The minimum atomic E-state index is 0.536. The molecule has 0 heterocycles. The molecule has 0 atom stereocenters. The first-order chi connectivity index (χ1) is 7.69. The number of rotatable bonds is 6. The van der Waals surface area contributed by atoms with Crippen LogP contribution in [0, 0.1) is 0 Å². The molecule has 0 bridgehead atoms. The molecule has 3 heteroatoms. The second kappa shape index (κ2) is 6.77. The van der Waals surface area contributed by atoms with Gasteiger partial charge in [0, 0.05) is 30.8 Å². The van der Waals surface area contributed by atoms with E-state index in [0.717, 1.165) is 17.1 Å². The van der Waals surface area contributed by atoms with Gasteiger partial charge in [-0.1, -0.05) is 31.4 Å². The lowest BCUT2D eigenvalue weighted by atomic mass is 10.1. The molecule has 0 saturated carbocycles. The van der Waals surface area contributed by atoms with Crippen LogP contribution in [0.3, 0.4) is 0 Å². The van der Waals surface area contributed by atoms with Gasteiger partial charge >= 0.3 is 0 Å². The van der Waals surface area contributed by atoms with Crippen LogP contribution in [0.4, 0.5) is 5.69 Å². The van der Waals surface area contributed by atoms with Crippen molar-refractivity contribution in [2.24, 2.45) is 5.73 Å². The van der Waals surface area contributed by atoms with Gasteiger partial charge in [0.15, 0.2) is 0 Å². The third-order valence-electron chi connectivity index (χ3n) is 2.77. The van der Waals surface area contributed by atoms with E-state index in [4.69, 9.17) is 17.3 Å². The average Bonchev–Trinajstić information content (AvgIpc) is 2.29. The molecule has 0 radical (unpaired) electrons. The van der Waals surface area contributed by atoms with E-state index in [-0.39, 0.29) is 0 Å². The van der Waals surface area contributed by atoms with Crippen molar-refractivity contribution in [2.45, 2.75) is 32.7 Å². The van der Waals surface area contributed by atoms with Crippen molar-refractivity contribution < 1.29 is 0 Å². The number of unbranched alkanes of at least 4 members (excludes halogenated alkanes) is 2. The Bertz CT molecular complexity index is 326. The van der Waals surface area contributed by atoms with Crippen LogP contribution in [-0.2, 0) is 6.54 Å². The van der Waals surface area contributed by atoms with Crippen molar-refractivity contribution in [3.8, 4) is 0 Å². The second-order valence-corrected chi connectivity index (χ2v) is 4.54. The first kappa shape index (κ1) is 13.3. The molecule has 0 aliphatic rings. The summed E-state index contributed by atoms with van der Waals surface area (Å²) in [7, 11) is 2.11. The lowest BCUT2D eigenvalue weighted by molar-refractivity contribution is 0.703. The van der Waals surface area contributed by atoms with E-state index in [1.165, 1.54) is 24.9 Å². The summed E-state index contributed by atoms with van der Waals surface area (Å²) in [5.41, 5.74) is 8.04. The molecule has 2 nitrogen and oxygen atoms in total. The Hall–Kier alpha value is -0.730. The molecular weight excluding hydrogens is 220 g/mol. The van der Waals surface area contributed by atoms with E-state index in [0.29, 0.717) is 6.54 Å². The van der Waals surface area contributed by atoms with E-state index >= 15 is 0 Å². The highest BCUT2D eigenvalue weighted by Gasteiger charge is 2.06. The van der Waals surface area contributed by atoms with E-state index in [2.05, 4.69) is 24.9 Å². The number of nitrogens with two attached hydrogens (primary N) is 1. The van der Waals surface area contributed by atoms with Gasteiger partial charge in [0.2, 0.25) is 0 Å². The maximum atomic E-state index is 5.95. The maximum absolute atomic E-state index is 5.95. The summed E-state index contributed by atoms with van der Waals surface area (Å²) in [4.78, 5) is 2.26. The molecule has 1 aromatic carbocycles. The third kappa shape index (κ3) is 3.69. The summed E-state index contributed by atoms with van der Waals surface area (Å²) in [6.07, 6.45) is 3.74. The zero-order valence-electron chi connectivity index (χ0n) is 10.2. The van der Waals surface area contributed by atoms with Crippen LogP contribution < -0.4 is 10.6 Å². The lowest BCUT2D eigenvalue weighted by Crippen LogP contribution is -2.20. The van der Waals surface area contributed by atoms with Crippen molar-refractivity contribution in [1.82, 2.24) is 0 Å². The molecule has 0 aliphatic carbocycles. The van der Waals surface area contributed by atoms with Gasteiger partial charge in [-0.3, -0.25) is 0 Å². The normalized spacial score (nSPS) is 10.5. The van der Waals surface area contributed by atoms with E-state index in [9.17, 15) is 0 Å². The number of halogens is 1. The average molecular weight is 241 g/mol. The van der Waals surface area contributed by atoms with Crippen LogP contribution in [0.25, 0.3) is 0 Å². The van der Waals surface area contributed by atoms with Crippen molar-refractivity contribution in [3.63, 3.8) is 0 Å². The number of hydrogen-bond donors (Lipinski definition) is 1. The minimum absolute atomic E-state index is 0.536. The van der Waals surface area contributed by atoms with Crippen molar-refractivity contribution in [2.75, 3.05) is 18.5 Å².